The summed E-state index contributed by atoms with van der Waals surface area (Å²) in [4.78, 5) is 32.8. The minimum atomic E-state index is -4.52. The van der Waals surface area contributed by atoms with Crippen LogP contribution in [0.4, 0.5) is 18.9 Å². The molecular formula is C23H27ClF3N5O2. The zero-order valence-corrected chi connectivity index (χ0v) is 19.5. The molecule has 1 saturated heterocycles. The molecule has 2 aliphatic rings. The molecule has 184 valence electrons. The van der Waals surface area contributed by atoms with Gasteiger partial charge in [-0.2, -0.15) is 23.0 Å². The van der Waals surface area contributed by atoms with Crippen LogP contribution in [0.3, 0.4) is 0 Å². The first kappa shape index (κ1) is 24.5. The van der Waals surface area contributed by atoms with Crippen LogP contribution in [0.25, 0.3) is 5.82 Å². The number of anilines is 1. The topological polar surface area (TPSA) is 71.3 Å². The fourth-order valence-corrected chi connectivity index (χ4v) is 4.89. The monoisotopic (exact) mass is 497 g/mol. The zero-order valence-electron chi connectivity index (χ0n) is 18.7. The number of halogens is 4. The van der Waals surface area contributed by atoms with E-state index >= 15 is 0 Å². The lowest BCUT2D eigenvalue weighted by molar-refractivity contribution is -0.137. The quantitative estimate of drug-likeness (QED) is 0.615. The average Bonchev–Trinajstić information content (AvgIpc) is 2.84. The fourth-order valence-electron chi connectivity index (χ4n) is 4.65. The number of carbonyl (C=O) groups is 1. The van der Waals surface area contributed by atoms with E-state index in [1.54, 1.807) is 0 Å². The lowest BCUT2D eigenvalue weighted by atomic mass is 9.86. The molecular weight excluding hydrogens is 471 g/mol. The summed E-state index contributed by atoms with van der Waals surface area (Å²) in [7, 11) is 0. The predicted molar refractivity (Wildman–Crippen MR) is 122 cm³/mol. The van der Waals surface area contributed by atoms with E-state index in [2.05, 4.69) is 10.1 Å². The van der Waals surface area contributed by atoms with Crippen molar-refractivity contribution in [3.05, 3.63) is 45.5 Å². The molecule has 2 fully saturated rings. The average molecular weight is 498 g/mol. The number of piperazine rings is 1. The highest BCUT2D eigenvalue weighted by molar-refractivity contribution is 6.33. The van der Waals surface area contributed by atoms with Crippen molar-refractivity contribution in [3.63, 3.8) is 0 Å². The van der Waals surface area contributed by atoms with E-state index in [1.165, 1.54) is 38.3 Å². The summed E-state index contributed by atoms with van der Waals surface area (Å²) in [6.45, 7) is 2.09. The van der Waals surface area contributed by atoms with Gasteiger partial charge < -0.3 is 9.80 Å². The Kier molecular flexibility index (Phi) is 7.45. The van der Waals surface area contributed by atoms with Gasteiger partial charge in [-0.1, -0.05) is 43.7 Å². The molecule has 2 aromatic rings. The number of carbonyl (C=O) groups excluding carboxylic acids is 1. The molecule has 0 unspecified atom stereocenters. The maximum Gasteiger partial charge on any atom is 0.417 e. The first-order valence-corrected chi connectivity index (χ1v) is 12.0. The van der Waals surface area contributed by atoms with Crippen LogP contribution in [0.2, 0.25) is 5.02 Å². The van der Waals surface area contributed by atoms with Gasteiger partial charge in [-0.15, -0.1) is 0 Å². The van der Waals surface area contributed by atoms with Crippen LogP contribution in [-0.4, -0.2) is 51.8 Å². The third kappa shape index (κ3) is 5.54. The number of amides is 1. The minimum absolute atomic E-state index is 0.0557. The molecule has 0 bridgehead atoms. The third-order valence-corrected chi connectivity index (χ3v) is 7.01. The van der Waals surface area contributed by atoms with E-state index < -0.39 is 17.3 Å². The Labute approximate surface area is 200 Å². The van der Waals surface area contributed by atoms with E-state index in [0.717, 1.165) is 23.2 Å². The van der Waals surface area contributed by atoms with Gasteiger partial charge in [0.2, 0.25) is 5.91 Å². The van der Waals surface area contributed by atoms with Crippen molar-refractivity contribution < 1.29 is 18.0 Å². The molecule has 0 spiro atoms. The third-order valence-electron chi connectivity index (χ3n) is 6.66. The van der Waals surface area contributed by atoms with Crippen LogP contribution in [0, 0.1) is 5.92 Å². The maximum absolute atomic E-state index is 12.8. The molecule has 0 N–H and O–H groups in total. The lowest BCUT2D eigenvalue weighted by Gasteiger charge is -2.36. The van der Waals surface area contributed by atoms with Crippen LogP contribution in [0.1, 0.15) is 50.5 Å². The molecule has 34 heavy (non-hydrogen) atoms. The van der Waals surface area contributed by atoms with Crippen molar-refractivity contribution in [1.29, 1.82) is 0 Å². The molecule has 1 aliphatic heterocycles. The number of nitrogens with zero attached hydrogens (tertiary/aromatic N) is 5. The molecule has 4 rings (SSSR count). The van der Waals surface area contributed by atoms with Crippen LogP contribution in [0.5, 0.6) is 0 Å². The Morgan fingerprint density at radius 2 is 1.76 bits per heavy atom. The highest BCUT2D eigenvalue weighted by atomic mass is 35.5. The molecule has 11 heteroatoms. The largest absolute Gasteiger partial charge is 0.417 e. The fraction of sp³-hybridized carbons (Fsp3) is 0.565. The summed E-state index contributed by atoms with van der Waals surface area (Å²) in [5.74, 6) is 0.771. The Hall–Kier alpha value is -2.62. The highest BCUT2D eigenvalue weighted by Crippen LogP contribution is 2.29. The van der Waals surface area contributed by atoms with Gasteiger partial charge in [0, 0.05) is 38.8 Å². The minimum Gasteiger partial charge on any atom is -0.365 e. The number of hydrogen-bond acceptors (Lipinski definition) is 5. The van der Waals surface area contributed by atoms with Gasteiger partial charge in [0.25, 0.3) is 5.56 Å². The summed E-state index contributed by atoms with van der Waals surface area (Å²) < 4.78 is 39.1. The SMILES string of the molecule is O=C(CCC1CCCCC1)N1CCN(c2cnn(-c3ccc(C(F)(F)F)cn3)c(=O)c2Cl)CC1. The first-order chi connectivity index (χ1) is 16.2. The Bertz CT molecular complexity index is 1060. The number of alkyl halides is 3. The predicted octanol–water partition coefficient (Wildman–Crippen LogP) is 4.31. The molecule has 7 nitrogen and oxygen atoms in total. The van der Waals surface area contributed by atoms with Gasteiger partial charge in [0.05, 0.1) is 17.4 Å². The summed E-state index contributed by atoms with van der Waals surface area (Å²) in [5.41, 5.74) is -1.15. The van der Waals surface area contributed by atoms with E-state index in [4.69, 9.17) is 11.6 Å². The summed E-state index contributed by atoms with van der Waals surface area (Å²) in [6.07, 6.45) is 5.33. The van der Waals surface area contributed by atoms with Crippen molar-refractivity contribution >= 4 is 23.2 Å². The van der Waals surface area contributed by atoms with E-state index in [9.17, 15) is 22.8 Å². The number of pyridine rings is 1. The summed E-state index contributed by atoms with van der Waals surface area (Å²) >= 11 is 6.32. The summed E-state index contributed by atoms with van der Waals surface area (Å²) in [6, 6.07) is 1.91. The number of hydrogen-bond donors (Lipinski definition) is 0. The van der Waals surface area contributed by atoms with Crippen molar-refractivity contribution in [2.45, 2.75) is 51.1 Å². The zero-order chi connectivity index (χ0) is 24.3. The van der Waals surface area contributed by atoms with E-state index in [-0.39, 0.29) is 16.7 Å². The molecule has 1 amide bonds. The molecule has 3 heterocycles. The molecule has 1 aliphatic carbocycles. The Morgan fingerprint density at radius 1 is 1.06 bits per heavy atom. The van der Waals surface area contributed by atoms with Gasteiger partial charge in [-0.25, -0.2) is 4.98 Å². The Morgan fingerprint density at radius 3 is 2.38 bits per heavy atom. The van der Waals surface area contributed by atoms with Crippen LogP contribution < -0.4 is 10.5 Å². The van der Waals surface area contributed by atoms with Crippen molar-refractivity contribution in [3.8, 4) is 5.82 Å². The molecule has 0 atom stereocenters. The van der Waals surface area contributed by atoms with Crippen LogP contribution in [-0.2, 0) is 11.0 Å². The second kappa shape index (κ2) is 10.3. The summed E-state index contributed by atoms with van der Waals surface area (Å²) in [5, 5.41) is 3.98. The molecule has 0 aromatic carbocycles. The highest BCUT2D eigenvalue weighted by Gasteiger charge is 2.31. The Balaban J connectivity index is 1.37. The molecule has 0 radical (unpaired) electrons. The van der Waals surface area contributed by atoms with E-state index in [0.29, 0.717) is 50.4 Å². The first-order valence-electron chi connectivity index (χ1n) is 11.6. The molecule has 1 saturated carbocycles. The van der Waals surface area contributed by atoms with Gasteiger partial charge in [0.15, 0.2) is 5.82 Å². The van der Waals surface area contributed by atoms with Crippen LogP contribution >= 0.6 is 11.6 Å². The standard InChI is InChI=1S/C23H27ClF3N5O2/c24-21-18(15-29-32(22(21)34)19-8-7-17(14-28-19)23(25,26)27)30-10-12-31(13-11-30)20(33)9-6-16-4-2-1-3-5-16/h7-8,14-16H,1-6,9-13H2. The van der Waals surface area contributed by atoms with Crippen LogP contribution in [0.15, 0.2) is 29.3 Å². The smallest absolute Gasteiger partial charge is 0.365 e. The van der Waals surface area contributed by atoms with Crippen molar-refractivity contribution in [1.82, 2.24) is 19.7 Å². The van der Waals surface area contributed by atoms with Crippen molar-refractivity contribution in [2.75, 3.05) is 31.1 Å². The number of aromatic nitrogens is 3. The van der Waals surface area contributed by atoms with E-state index in [1.807, 2.05) is 9.80 Å². The maximum atomic E-state index is 12.8. The van der Waals surface area contributed by atoms with Gasteiger partial charge in [-0.05, 0) is 24.5 Å². The second-order valence-corrected chi connectivity index (χ2v) is 9.25. The normalized spacial score (nSPS) is 17.8. The van der Waals surface area contributed by atoms with Gasteiger partial charge in [-0.3, -0.25) is 9.59 Å². The lowest BCUT2D eigenvalue weighted by Crippen LogP contribution is -2.49. The van der Waals surface area contributed by atoms with Gasteiger partial charge >= 0.3 is 6.18 Å². The second-order valence-electron chi connectivity index (χ2n) is 8.87. The van der Waals surface area contributed by atoms with Crippen molar-refractivity contribution in [2.24, 2.45) is 5.92 Å². The molecule has 2 aromatic heterocycles. The number of rotatable bonds is 5. The van der Waals surface area contributed by atoms with Gasteiger partial charge in [0.1, 0.15) is 5.02 Å².